The van der Waals surface area contributed by atoms with Gasteiger partial charge in [0.25, 0.3) is 0 Å². The number of halogens is 1. The SMILES string of the molecule is CCCC1(CNc2ccnc(Cl)n2)CC1. The lowest BCUT2D eigenvalue weighted by Crippen LogP contribution is -2.15. The highest BCUT2D eigenvalue weighted by molar-refractivity contribution is 6.28. The minimum Gasteiger partial charge on any atom is -0.369 e. The molecule has 0 bridgehead atoms. The lowest BCUT2D eigenvalue weighted by molar-refractivity contribution is 0.485. The fourth-order valence-corrected chi connectivity index (χ4v) is 2.08. The molecule has 0 atom stereocenters. The summed E-state index contributed by atoms with van der Waals surface area (Å²) in [4.78, 5) is 7.96. The van der Waals surface area contributed by atoms with E-state index in [1.807, 2.05) is 6.07 Å². The Morgan fingerprint density at radius 1 is 1.53 bits per heavy atom. The fraction of sp³-hybridized carbons (Fsp3) is 0.636. The number of aromatic nitrogens is 2. The second-order valence-corrected chi connectivity index (χ2v) is 4.65. The molecule has 2 rings (SSSR count). The molecule has 0 saturated heterocycles. The van der Waals surface area contributed by atoms with Crippen molar-refractivity contribution in [2.24, 2.45) is 5.41 Å². The van der Waals surface area contributed by atoms with E-state index in [4.69, 9.17) is 11.6 Å². The first-order valence-electron chi connectivity index (χ1n) is 5.46. The van der Waals surface area contributed by atoms with Crippen LogP contribution < -0.4 is 5.32 Å². The van der Waals surface area contributed by atoms with Gasteiger partial charge in [-0.2, -0.15) is 0 Å². The third-order valence-corrected chi connectivity index (χ3v) is 3.19. The molecule has 0 amide bonds. The Morgan fingerprint density at radius 3 is 2.93 bits per heavy atom. The van der Waals surface area contributed by atoms with Gasteiger partial charge in [0.05, 0.1) is 0 Å². The van der Waals surface area contributed by atoms with Gasteiger partial charge in [-0.25, -0.2) is 9.97 Å². The van der Waals surface area contributed by atoms with Gasteiger partial charge < -0.3 is 5.32 Å². The number of anilines is 1. The van der Waals surface area contributed by atoms with Crippen molar-refractivity contribution in [2.75, 3.05) is 11.9 Å². The van der Waals surface area contributed by atoms with E-state index in [-0.39, 0.29) is 0 Å². The smallest absolute Gasteiger partial charge is 0.224 e. The van der Waals surface area contributed by atoms with Crippen LogP contribution in [0.15, 0.2) is 12.3 Å². The molecule has 1 aliphatic carbocycles. The first kappa shape index (κ1) is 10.7. The summed E-state index contributed by atoms with van der Waals surface area (Å²) in [6, 6.07) is 1.86. The van der Waals surface area contributed by atoms with Crippen LogP contribution in [0, 0.1) is 5.41 Å². The summed E-state index contributed by atoms with van der Waals surface area (Å²) in [5.41, 5.74) is 0.534. The molecule has 0 spiro atoms. The van der Waals surface area contributed by atoms with E-state index < -0.39 is 0 Å². The predicted molar refractivity (Wildman–Crippen MR) is 62.1 cm³/mol. The van der Waals surface area contributed by atoms with Gasteiger partial charge in [-0.05, 0) is 42.3 Å². The van der Waals surface area contributed by atoms with Crippen molar-refractivity contribution in [3.05, 3.63) is 17.5 Å². The molecule has 82 valence electrons. The molecular weight excluding hydrogens is 210 g/mol. The van der Waals surface area contributed by atoms with Crippen molar-refractivity contribution in [3.63, 3.8) is 0 Å². The van der Waals surface area contributed by atoms with Gasteiger partial charge in [0.2, 0.25) is 5.28 Å². The summed E-state index contributed by atoms with van der Waals surface area (Å²) in [7, 11) is 0. The van der Waals surface area contributed by atoms with Crippen LogP contribution in [0.2, 0.25) is 5.28 Å². The van der Waals surface area contributed by atoms with E-state index in [9.17, 15) is 0 Å². The maximum absolute atomic E-state index is 5.71. The number of nitrogens with one attached hydrogen (secondary N) is 1. The Bertz CT molecular complexity index is 336. The largest absolute Gasteiger partial charge is 0.369 e. The van der Waals surface area contributed by atoms with Crippen LogP contribution in [0.5, 0.6) is 0 Å². The average Bonchev–Trinajstić information content (AvgIpc) is 2.97. The summed E-state index contributed by atoms with van der Waals surface area (Å²) >= 11 is 5.71. The highest BCUT2D eigenvalue weighted by Gasteiger charge is 2.41. The predicted octanol–water partition coefficient (Wildman–Crippen LogP) is 3.12. The van der Waals surface area contributed by atoms with Gasteiger partial charge in [-0.3, -0.25) is 0 Å². The third kappa shape index (κ3) is 2.81. The molecule has 0 radical (unpaired) electrons. The summed E-state index contributed by atoms with van der Waals surface area (Å²) in [5, 5.41) is 3.64. The van der Waals surface area contributed by atoms with Crippen molar-refractivity contribution >= 4 is 17.4 Å². The lowest BCUT2D eigenvalue weighted by atomic mass is 10.0. The Morgan fingerprint density at radius 2 is 2.33 bits per heavy atom. The van der Waals surface area contributed by atoms with Crippen molar-refractivity contribution in [1.82, 2.24) is 9.97 Å². The number of nitrogens with zero attached hydrogens (tertiary/aromatic N) is 2. The Balaban J connectivity index is 1.88. The zero-order valence-electron chi connectivity index (χ0n) is 8.96. The Labute approximate surface area is 95.3 Å². The van der Waals surface area contributed by atoms with Gasteiger partial charge in [0, 0.05) is 12.7 Å². The van der Waals surface area contributed by atoms with E-state index in [2.05, 4.69) is 22.2 Å². The second kappa shape index (κ2) is 4.35. The van der Waals surface area contributed by atoms with Gasteiger partial charge in [-0.15, -0.1) is 0 Å². The Kier molecular flexibility index (Phi) is 3.10. The molecular formula is C11H16ClN3. The molecule has 0 unspecified atom stereocenters. The molecule has 1 aromatic rings. The minimum atomic E-state index is 0.306. The van der Waals surface area contributed by atoms with E-state index in [1.54, 1.807) is 6.20 Å². The minimum absolute atomic E-state index is 0.306. The molecule has 1 fully saturated rings. The van der Waals surface area contributed by atoms with Crippen LogP contribution in [0.1, 0.15) is 32.6 Å². The van der Waals surface area contributed by atoms with Crippen LogP contribution in [-0.2, 0) is 0 Å². The molecule has 0 aliphatic heterocycles. The van der Waals surface area contributed by atoms with E-state index in [1.165, 1.54) is 25.7 Å². The summed E-state index contributed by atoms with van der Waals surface area (Å²) in [6.07, 6.45) is 6.92. The lowest BCUT2D eigenvalue weighted by Gasteiger charge is -2.15. The van der Waals surface area contributed by atoms with Crippen LogP contribution in [0.3, 0.4) is 0 Å². The highest BCUT2D eigenvalue weighted by atomic mass is 35.5. The second-order valence-electron chi connectivity index (χ2n) is 4.31. The molecule has 1 aromatic heterocycles. The standard InChI is InChI=1S/C11H16ClN3/c1-2-4-11(5-6-11)8-14-9-3-7-13-10(12)15-9/h3,7H,2,4-6,8H2,1H3,(H,13,14,15). The zero-order chi connectivity index (χ0) is 10.7. The number of rotatable bonds is 5. The normalized spacial score (nSPS) is 17.5. The van der Waals surface area contributed by atoms with E-state index >= 15 is 0 Å². The third-order valence-electron chi connectivity index (χ3n) is 3.01. The Hall–Kier alpha value is -0.830. The van der Waals surface area contributed by atoms with Crippen molar-refractivity contribution in [2.45, 2.75) is 32.6 Å². The zero-order valence-corrected chi connectivity index (χ0v) is 9.72. The molecule has 1 heterocycles. The molecule has 1 N–H and O–H groups in total. The van der Waals surface area contributed by atoms with Gasteiger partial charge >= 0.3 is 0 Å². The molecule has 4 heteroatoms. The maximum Gasteiger partial charge on any atom is 0.224 e. The summed E-state index contributed by atoms with van der Waals surface area (Å²) < 4.78 is 0. The molecule has 0 aromatic carbocycles. The van der Waals surface area contributed by atoms with Crippen LogP contribution in [-0.4, -0.2) is 16.5 Å². The van der Waals surface area contributed by atoms with Crippen molar-refractivity contribution in [3.8, 4) is 0 Å². The van der Waals surface area contributed by atoms with Crippen LogP contribution >= 0.6 is 11.6 Å². The molecule has 1 saturated carbocycles. The van der Waals surface area contributed by atoms with E-state index in [0.717, 1.165) is 12.4 Å². The van der Waals surface area contributed by atoms with Crippen molar-refractivity contribution < 1.29 is 0 Å². The molecule has 3 nitrogen and oxygen atoms in total. The van der Waals surface area contributed by atoms with E-state index in [0.29, 0.717) is 10.7 Å². The topological polar surface area (TPSA) is 37.8 Å². The average molecular weight is 226 g/mol. The number of hydrogen-bond acceptors (Lipinski definition) is 3. The highest BCUT2D eigenvalue weighted by Crippen LogP contribution is 2.49. The molecule has 1 aliphatic rings. The van der Waals surface area contributed by atoms with Crippen molar-refractivity contribution in [1.29, 1.82) is 0 Å². The van der Waals surface area contributed by atoms with Gasteiger partial charge in [-0.1, -0.05) is 13.3 Å². The number of hydrogen-bond donors (Lipinski definition) is 1. The monoisotopic (exact) mass is 225 g/mol. The first-order valence-corrected chi connectivity index (χ1v) is 5.84. The first-order chi connectivity index (χ1) is 7.24. The van der Waals surface area contributed by atoms with Gasteiger partial charge in [0.15, 0.2) is 0 Å². The summed E-state index contributed by atoms with van der Waals surface area (Å²) in [6.45, 7) is 3.25. The fourth-order valence-electron chi connectivity index (χ4n) is 1.93. The maximum atomic E-state index is 5.71. The van der Waals surface area contributed by atoms with Crippen LogP contribution in [0.4, 0.5) is 5.82 Å². The molecule has 15 heavy (non-hydrogen) atoms. The van der Waals surface area contributed by atoms with Crippen LogP contribution in [0.25, 0.3) is 0 Å². The van der Waals surface area contributed by atoms with Gasteiger partial charge in [0.1, 0.15) is 5.82 Å². The quantitative estimate of drug-likeness (QED) is 0.783. The summed E-state index contributed by atoms with van der Waals surface area (Å²) in [5.74, 6) is 0.831.